The van der Waals surface area contributed by atoms with Gasteiger partial charge in [-0.05, 0) is 24.1 Å². The minimum absolute atomic E-state index is 0.0795. The van der Waals surface area contributed by atoms with Crippen molar-refractivity contribution in [1.29, 1.82) is 0 Å². The lowest BCUT2D eigenvalue weighted by molar-refractivity contribution is -0.194. The number of benzene rings is 1. The Morgan fingerprint density at radius 1 is 1.10 bits per heavy atom. The standard InChI is InChI=1S/C16H19NO3/c1-2-4-14(5-3-1)17-9-7-13-6-8-16(12-15(13)20-17)18-10-11-19-16/h1-5,7,15H,6,8-12H2/t15-/m0/s1. The number of ether oxygens (including phenoxy) is 2. The molecule has 1 atom stereocenters. The van der Waals surface area contributed by atoms with Crippen LogP contribution in [-0.2, 0) is 14.3 Å². The maximum atomic E-state index is 6.17. The summed E-state index contributed by atoms with van der Waals surface area (Å²) in [7, 11) is 0. The third-order valence-corrected chi connectivity index (χ3v) is 4.34. The fourth-order valence-corrected chi connectivity index (χ4v) is 3.27. The summed E-state index contributed by atoms with van der Waals surface area (Å²) in [5.41, 5.74) is 2.48. The van der Waals surface area contributed by atoms with Crippen LogP contribution in [0.25, 0.3) is 0 Å². The Bertz CT molecular complexity index is 508. The van der Waals surface area contributed by atoms with Gasteiger partial charge in [-0.15, -0.1) is 0 Å². The molecule has 20 heavy (non-hydrogen) atoms. The maximum Gasteiger partial charge on any atom is 0.171 e. The van der Waals surface area contributed by atoms with Crippen LogP contribution < -0.4 is 5.06 Å². The second-order valence-corrected chi connectivity index (χ2v) is 5.58. The van der Waals surface area contributed by atoms with Crippen LogP contribution in [0.2, 0.25) is 0 Å². The molecule has 1 aromatic rings. The molecule has 4 heteroatoms. The molecule has 0 radical (unpaired) electrons. The normalized spacial score (nSPS) is 28.3. The molecule has 1 spiro atoms. The Balaban J connectivity index is 1.53. The van der Waals surface area contributed by atoms with Crippen molar-refractivity contribution in [2.24, 2.45) is 0 Å². The lowest BCUT2D eigenvalue weighted by Gasteiger charge is -2.42. The molecule has 0 unspecified atom stereocenters. The zero-order valence-corrected chi connectivity index (χ0v) is 11.5. The van der Waals surface area contributed by atoms with E-state index in [2.05, 4.69) is 18.2 Å². The van der Waals surface area contributed by atoms with Crippen LogP contribution in [0.3, 0.4) is 0 Å². The number of nitrogens with zero attached hydrogens (tertiary/aromatic N) is 1. The number of anilines is 1. The molecule has 1 saturated heterocycles. The van der Waals surface area contributed by atoms with E-state index in [-0.39, 0.29) is 6.10 Å². The van der Waals surface area contributed by atoms with Crippen molar-refractivity contribution in [1.82, 2.24) is 0 Å². The van der Waals surface area contributed by atoms with E-state index in [0.717, 1.165) is 31.5 Å². The average molecular weight is 273 g/mol. The fraction of sp³-hybridized carbons (Fsp3) is 0.500. The first-order valence-electron chi connectivity index (χ1n) is 7.31. The Hall–Kier alpha value is -1.36. The summed E-state index contributed by atoms with van der Waals surface area (Å²) in [5, 5.41) is 1.96. The molecule has 1 aliphatic carbocycles. The number of hydrogen-bond donors (Lipinski definition) is 0. The van der Waals surface area contributed by atoms with Crippen LogP contribution in [0, 0.1) is 0 Å². The number of hydrogen-bond acceptors (Lipinski definition) is 4. The van der Waals surface area contributed by atoms with Crippen LogP contribution >= 0.6 is 0 Å². The third-order valence-electron chi connectivity index (χ3n) is 4.34. The zero-order chi connectivity index (χ0) is 13.4. The van der Waals surface area contributed by atoms with Gasteiger partial charge in [0.15, 0.2) is 5.79 Å². The Morgan fingerprint density at radius 3 is 2.70 bits per heavy atom. The van der Waals surface area contributed by atoms with Gasteiger partial charge in [-0.3, -0.25) is 4.84 Å². The Kier molecular flexibility index (Phi) is 3.02. The van der Waals surface area contributed by atoms with Crippen molar-refractivity contribution in [3.05, 3.63) is 42.0 Å². The summed E-state index contributed by atoms with van der Waals surface area (Å²) in [6, 6.07) is 10.2. The Labute approximate surface area is 118 Å². The number of para-hydroxylation sites is 1. The average Bonchev–Trinajstić information content (AvgIpc) is 2.95. The summed E-state index contributed by atoms with van der Waals surface area (Å²) in [5.74, 6) is -0.401. The SMILES string of the molecule is C1=C2CCC3(C[C@@H]2ON(c2ccccc2)C1)OCCO3. The fourth-order valence-electron chi connectivity index (χ4n) is 3.27. The highest BCUT2D eigenvalue weighted by molar-refractivity contribution is 5.45. The first-order valence-corrected chi connectivity index (χ1v) is 7.31. The van der Waals surface area contributed by atoms with Gasteiger partial charge in [0.2, 0.25) is 0 Å². The topological polar surface area (TPSA) is 30.9 Å². The summed E-state index contributed by atoms with van der Waals surface area (Å²) in [6.45, 7) is 2.22. The van der Waals surface area contributed by atoms with Gasteiger partial charge in [0.1, 0.15) is 6.10 Å². The van der Waals surface area contributed by atoms with Gasteiger partial charge in [0.05, 0.1) is 25.4 Å². The van der Waals surface area contributed by atoms with Crippen molar-refractivity contribution < 1.29 is 14.3 Å². The molecule has 4 rings (SSSR count). The molecule has 3 aliphatic rings. The van der Waals surface area contributed by atoms with Crippen molar-refractivity contribution >= 4 is 5.69 Å². The summed E-state index contributed by atoms with van der Waals surface area (Å²) < 4.78 is 11.6. The van der Waals surface area contributed by atoms with E-state index in [1.807, 2.05) is 23.3 Å². The molecule has 2 fully saturated rings. The molecular weight excluding hydrogens is 254 g/mol. The van der Waals surface area contributed by atoms with Crippen molar-refractivity contribution in [3.63, 3.8) is 0 Å². The highest BCUT2D eigenvalue weighted by Gasteiger charge is 2.45. The van der Waals surface area contributed by atoms with Gasteiger partial charge >= 0.3 is 0 Å². The van der Waals surface area contributed by atoms with E-state index in [4.69, 9.17) is 14.3 Å². The lowest BCUT2D eigenvalue weighted by atomic mass is 9.86. The molecule has 2 aliphatic heterocycles. The van der Waals surface area contributed by atoms with Crippen molar-refractivity contribution in [2.75, 3.05) is 24.8 Å². The van der Waals surface area contributed by atoms with Crippen LogP contribution in [-0.4, -0.2) is 31.6 Å². The predicted octanol–water partition coefficient (Wildman–Crippen LogP) is 2.66. The van der Waals surface area contributed by atoms with E-state index in [1.54, 1.807) is 0 Å². The van der Waals surface area contributed by atoms with Crippen LogP contribution in [0.15, 0.2) is 42.0 Å². The lowest BCUT2D eigenvalue weighted by Crippen LogP contribution is -2.46. The van der Waals surface area contributed by atoms with Gasteiger partial charge in [-0.1, -0.05) is 24.3 Å². The molecular formula is C16H19NO3. The summed E-state index contributed by atoms with van der Waals surface area (Å²) >= 11 is 0. The molecule has 1 saturated carbocycles. The summed E-state index contributed by atoms with van der Waals surface area (Å²) in [6.07, 6.45) is 5.12. The van der Waals surface area contributed by atoms with Gasteiger partial charge in [0.25, 0.3) is 0 Å². The second-order valence-electron chi connectivity index (χ2n) is 5.58. The van der Waals surface area contributed by atoms with E-state index < -0.39 is 5.79 Å². The molecule has 106 valence electrons. The van der Waals surface area contributed by atoms with E-state index >= 15 is 0 Å². The van der Waals surface area contributed by atoms with E-state index in [9.17, 15) is 0 Å². The zero-order valence-electron chi connectivity index (χ0n) is 11.5. The van der Waals surface area contributed by atoms with Gasteiger partial charge in [0, 0.05) is 12.8 Å². The predicted molar refractivity (Wildman–Crippen MR) is 75.2 cm³/mol. The number of fused-ring (bicyclic) bond motifs is 1. The van der Waals surface area contributed by atoms with E-state index in [1.165, 1.54) is 5.57 Å². The molecule has 4 nitrogen and oxygen atoms in total. The number of hydroxylamine groups is 1. The molecule has 0 N–H and O–H groups in total. The molecule has 2 heterocycles. The van der Waals surface area contributed by atoms with E-state index in [0.29, 0.717) is 13.2 Å². The molecule has 0 bridgehead atoms. The number of rotatable bonds is 1. The first kappa shape index (κ1) is 12.4. The highest BCUT2D eigenvalue weighted by Crippen LogP contribution is 2.41. The van der Waals surface area contributed by atoms with Gasteiger partial charge < -0.3 is 9.47 Å². The largest absolute Gasteiger partial charge is 0.347 e. The first-order chi connectivity index (χ1) is 9.85. The van der Waals surface area contributed by atoms with Gasteiger partial charge in [-0.25, -0.2) is 5.06 Å². The van der Waals surface area contributed by atoms with Crippen molar-refractivity contribution in [2.45, 2.75) is 31.2 Å². The molecule has 0 amide bonds. The van der Waals surface area contributed by atoms with Crippen LogP contribution in [0.1, 0.15) is 19.3 Å². The maximum absolute atomic E-state index is 6.17. The summed E-state index contributed by atoms with van der Waals surface area (Å²) in [4.78, 5) is 6.17. The molecule has 1 aromatic carbocycles. The monoisotopic (exact) mass is 273 g/mol. The minimum atomic E-state index is -0.401. The Morgan fingerprint density at radius 2 is 1.90 bits per heavy atom. The van der Waals surface area contributed by atoms with Crippen molar-refractivity contribution in [3.8, 4) is 0 Å². The highest BCUT2D eigenvalue weighted by atomic mass is 16.7. The smallest absolute Gasteiger partial charge is 0.171 e. The third kappa shape index (κ3) is 2.14. The van der Waals surface area contributed by atoms with Crippen LogP contribution in [0.4, 0.5) is 5.69 Å². The minimum Gasteiger partial charge on any atom is -0.347 e. The second kappa shape index (κ2) is 4.88. The van der Waals surface area contributed by atoms with Crippen LogP contribution in [0.5, 0.6) is 0 Å². The van der Waals surface area contributed by atoms with Gasteiger partial charge in [-0.2, -0.15) is 0 Å². The molecule has 0 aromatic heterocycles. The quantitative estimate of drug-likeness (QED) is 0.736.